The zero-order valence-electron chi connectivity index (χ0n) is 13.3. The molecule has 2 unspecified atom stereocenters. The van der Waals surface area contributed by atoms with E-state index in [4.69, 9.17) is 4.74 Å². The van der Waals surface area contributed by atoms with Gasteiger partial charge in [-0.05, 0) is 55.7 Å². The third kappa shape index (κ3) is 4.55. The van der Waals surface area contributed by atoms with E-state index in [1.807, 2.05) is 0 Å². The summed E-state index contributed by atoms with van der Waals surface area (Å²) < 4.78 is 6.24. The third-order valence-corrected chi connectivity index (χ3v) is 5.01. The van der Waals surface area contributed by atoms with Crippen molar-refractivity contribution < 1.29 is 4.74 Å². The molecule has 0 heterocycles. The molecule has 0 saturated heterocycles. The van der Waals surface area contributed by atoms with Crippen molar-refractivity contribution in [2.75, 3.05) is 6.54 Å². The second-order valence-electron chi connectivity index (χ2n) is 6.86. The van der Waals surface area contributed by atoms with Crippen LogP contribution in [0.4, 0.5) is 0 Å². The first-order chi connectivity index (χ1) is 10.3. The third-order valence-electron chi connectivity index (χ3n) is 5.01. The minimum absolute atomic E-state index is 0.469. The van der Waals surface area contributed by atoms with E-state index in [-0.39, 0.29) is 0 Å². The Morgan fingerprint density at radius 2 is 1.81 bits per heavy atom. The number of hydrogen-bond acceptors (Lipinski definition) is 2. The van der Waals surface area contributed by atoms with Crippen molar-refractivity contribution in [2.24, 2.45) is 5.92 Å². The van der Waals surface area contributed by atoms with Crippen LogP contribution in [0.5, 0.6) is 0 Å². The van der Waals surface area contributed by atoms with Crippen molar-refractivity contribution in [1.82, 2.24) is 5.32 Å². The highest BCUT2D eigenvalue weighted by molar-refractivity contribution is 5.26. The van der Waals surface area contributed by atoms with Crippen LogP contribution in [0.2, 0.25) is 0 Å². The standard InChI is InChI=1S/C19H29NO/c1-15-6-2-5-9-19(15)21-14-17-8-4-3-7-16(17)12-13-20-18-10-11-18/h3-4,7-8,15,18-20H,2,5-6,9-14H2,1H3. The fourth-order valence-corrected chi connectivity index (χ4v) is 3.37. The Labute approximate surface area is 129 Å². The lowest BCUT2D eigenvalue weighted by Crippen LogP contribution is -2.25. The van der Waals surface area contributed by atoms with Gasteiger partial charge in [-0.2, -0.15) is 0 Å². The van der Waals surface area contributed by atoms with Crippen LogP contribution in [0, 0.1) is 5.92 Å². The van der Waals surface area contributed by atoms with E-state index in [1.54, 1.807) is 0 Å². The Hall–Kier alpha value is -0.860. The maximum Gasteiger partial charge on any atom is 0.0723 e. The Balaban J connectivity index is 1.51. The van der Waals surface area contributed by atoms with Crippen molar-refractivity contribution in [3.05, 3.63) is 35.4 Å². The summed E-state index contributed by atoms with van der Waals surface area (Å²) in [5.74, 6) is 0.724. The van der Waals surface area contributed by atoms with Crippen LogP contribution in [0.1, 0.15) is 56.6 Å². The van der Waals surface area contributed by atoms with Crippen molar-refractivity contribution in [1.29, 1.82) is 0 Å². The van der Waals surface area contributed by atoms with E-state index in [1.165, 1.54) is 49.7 Å². The summed E-state index contributed by atoms with van der Waals surface area (Å²) in [6.07, 6.45) is 9.61. The average Bonchev–Trinajstić information content (AvgIpc) is 3.32. The zero-order valence-corrected chi connectivity index (χ0v) is 13.3. The number of nitrogens with one attached hydrogen (secondary N) is 1. The number of rotatable bonds is 7. The predicted molar refractivity (Wildman–Crippen MR) is 87.4 cm³/mol. The molecule has 1 aromatic rings. The molecule has 0 bridgehead atoms. The van der Waals surface area contributed by atoms with E-state index in [0.29, 0.717) is 6.10 Å². The lowest BCUT2D eigenvalue weighted by molar-refractivity contribution is -0.0157. The van der Waals surface area contributed by atoms with Gasteiger partial charge in [-0.15, -0.1) is 0 Å². The van der Waals surface area contributed by atoms with Crippen molar-refractivity contribution in [3.8, 4) is 0 Å². The van der Waals surface area contributed by atoms with E-state index < -0.39 is 0 Å². The molecule has 0 spiro atoms. The first-order valence-corrected chi connectivity index (χ1v) is 8.74. The van der Waals surface area contributed by atoms with Gasteiger partial charge in [-0.25, -0.2) is 0 Å². The summed E-state index contributed by atoms with van der Waals surface area (Å²) in [6, 6.07) is 9.59. The highest BCUT2D eigenvalue weighted by Crippen LogP contribution is 2.27. The van der Waals surface area contributed by atoms with Crippen molar-refractivity contribution in [2.45, 2.75) is 70.6 Å². The van der Waals surface area contributed by atoms with Gasteiger partial charge in [-0.1, -0.05) is 44.0 Å². The Bertz CT molecular complexity index is 441. The molecular weight excluding hydrogens is 258 g/mol. The highest BCUT2D eigenvalue weighted by Gasteiger charge is 2.22. The smallest absolute Gasteiger partial charge is 0.0723 e. The van der Waals surface area contributed by atoms with E-state index in [0.717, 1.165) is 31.5 Å². The highest BCUT2D eigenvalue weighted by atomic mass is 16.5. The molecule has 0 amide bonds. The number of hydrogen-bond donors (Lipinski definition) is 1. The van der Waals surface area contributed by atoms with E-state index >= 15 is 0 Å². The second-order valence-corrected chi connectivity index (χ2v) is 6.86. The zero-order chi connectivity index (χ0) is 14.5. The van der Waals surface area contributed by atoms with Gasteiger partial charge in [-0.3, -0.25) is 0 Å². The lowest BCUT2D eigenvalue weighted by Gasteiger charge is -2.29. The Morgan fingerprint density at radius 3 is 2.57 bits per heavy atom. The summed E-state index contributed by atoms with van der Waals surface area (Å²) in [7, 11) is 0. The van der Waals surface area contributed by atoms with E-state index in [9.17, 15) is 0 Å². The van der Waals surface area contributed by atoms with Crippen molar-refractivity contribution >= 4 is 0 Å². The average molecular weight is 287 g/mol. The molecule has 2 saturated carbocycles. The number of ether oxygens (including phenoxy) is 1. The summed E-state index contributed by atoms with van der Waals surface area (Å²) in [6.45, 7) is 4.23. The maximum atomic E-state index is 6.24. The largest absolute Gasteiger partial charge is 0.373 e. The molecule has 0 radical (unpaired) electrons. The van der Waals surface area contributed by atoms with Crippen LogP contribution in [0.25, 0.3) is 0 Å². The van der Waals surface area contributed by atoms with Gasteiger partial charge < -0.3 is 10.1 Å². The minimum atomic E-state index is 0.469. The molecule has 2 aliphatic carbocycles. The molecule has 116 valence electrons. The van der Waals surface area contributed by atoms with Crippen LogP contribution in [0.3, 0.4) is 0 Å². The SMILES string of the molecule is CC1CCCCC1OCc1ccccc1CCNC1CC1. The van der Waals surface area contributed by atoms with Gasteiger partial charge in [0, 0.05) is 6.04 Å². The first-order valence-electron chi connectivity index (χ1n) is 8.74. The fraction of sp³-hybridized carbons (Fsp3) is 0.684. The van der Waals surface area contributed by atoms with Gasteiger partial charge in [0.25, 0.3) is 0 Å². The van der Waals surface area contributed by atoms with E-state index in [2.05, 4.69) is 36.5 Å². The summed E-state index contributed by atoms with van der Waals surface area (Å²) in [4.78, 5) is 0. The molecule has 0 aliphatic heterocycles. The van der Waals surface area contributed by atoms with Gasteiger partial charge in [0.05, 0.1) is 12.7 Å². The minimum Gasteiger partial charge on any atom is -0.373 e. The van der Waals surface area contributed by atoms with Gasteiger partial charge in [0.1, 0.15) is 0 Å². The van der Waals surface area contributed by atoms with Crippen LogP contribution in [-0.4, -0.2) is 18.7 Å². The molecule has 2 aliphatic rings. The maximum absolute atomic E-state index is 6.24. The molecule has 0 aromatic heterocycles. The Morgan fingerprint density at radius 1 is 1.05 bits per heavy atom. The fourth-order valence-electron chi connectivity index (χ4n) is 3.37. The van der Waals surface area contributed by atoms with Crippen LogP contribution >= 0.6 is 0 Å². The topological polar surface area (TPSA) is 21.3 Å². The lowest BCUT2D eigenvalue weighted by atomic mass is 9.88. The second kappa shape index (κ2) is 7.42. The molecule has 3 rings (SSSR count). The molecule has 2 heteroatoms. The Kier molecular flexibility index (Phi) is 5.32. The number of benzene rings is 1. The molecule has 2 atom stereocenters. The van der Waals surface area contributed by atoms with Gasteiger partial charge in [0.15, 0.2) is 0 Å². The van der Waals surface area contributed by atoms with Crippen molar-refractivity contribution in [3.63, 3.8) is 0 Å². The summed E-state index contributed by atoms with van der Waals surface area (Å²) in [5, 5.41) is 3.60. The quantitative estimate of drug-likeness (QED) is 0.816. The normalized spacial score (nSPS) is 26.0. The summed E-state index contributed by atoms with van der Waals surface area (Å²) in [5.41, 5.74) is 2.84. The molecule has 1 N–H and O–H groups in total. The summed E-state index contributed by atoms with van der Waals surface area (Å²) >= 11 is 0. The van der Waals surface area contributed by atoms with Crippen LogP contribution in [0.15, 0.2) is 24.3 Å². The van der Waals surface area contributed by atoms with Crippen LogP contribution < -0.4 is 5.32 Å². The predicted octanol–water partition coefficient (Wildman–Crippen LogP) is 4.08. The van der Waals surface area contributed by atoms with Crippen LogP contribution in [-0.2, 0) is 17.8 Å². The molecule has 1 aromatic carbocycles. The molecule has 21 heavy (non-hydrogen) atoms. The molecular formula is C19H29NO. The first kappa shape index (κ1) is 15.1. The monoisotopic (exact) mass is 287 g/mol. The molecule has 2 nitrogen and oxygen atoms in total. The van der Waals surface area contributed by atoms with Gasteiger partial charge >= 0.3 is 0 Å². The van der Waals surface area contributed by atoms with Gasteiger partial charge in [0.2, 0.25) is 0 Å². The molecule has 2 fully saturated rings.